The molecule has 0 aromatic carbocycles. The Hall–Kier alpha value is -2.77. The Morgan fingerprint density at radius 2 is 1.48 bits per heavy atom. The lowest BCUT2D eigenvalue weighted by Gasteiger charge is -2.22. The maximum absolute atomic E-state index is 11.6. The largest absolute Gasteiger partial charge is 0.481 e. The molecular weight excluding hydrogens is 328 g/mol. The standard InChI is InChI=1S/C10H10O13/c11-3(12)1-10(19)2-4(13)20-21-7(16)5(14)6(15)8(17)22-23-9(10)18/h5-6,14-15,19H,1-2H2,(H,11,12). The summed E-state index contributed by atoms with van der Waals surface area (Å²) in [7, 11) is 0. The van der Waals surface area contributed by atoms with Crippen molar-refractivity contribution in [3.8, 4) is 0 Å². The first-order chi connectivity index (χ1) is 10.6. The third-order valence-corrected chi connectivity index (χ3v) is 2.46. The molecule has 1 heterocycles. The van der Waals surface area contributed by atoms with Crippen molar-refractivity contribution in [3.63, 3.8) is 0 Å². The van der Waals surface area contributed by atoms with Crippen LogP contribution < -0.4 is 0 Å². The molecule has 1 aliphatic heterocycles. The average molecular weight is 338 g/mol. The second kappa shape index (κ2) is 6.99. The minimum absolute atomic E-state index is 1.35. The molecule has 3 unspecified atom stereocenters. The van der Waals surface area contributed by atoms with Crippen molar-refractivity contribution >= 4 is 29.8 Å². The second-order valence-corrected chi connectivity index (χ2v) is 4.30. The van der Waals surface area contributed by atoms with Crippen LogP contribution in [-0.4, -0.2) is 68.1 Å². The quantitative estimate of drug-likeness (QED) is 0.358. The zero-order valence-corrected chi connectivity index (χ0v) is 11.0. The van der Waals surface area contributed by atoms with E-state index in [2.05, 4.69) is 19.6 Å². The molecule has 0 radical (unpaired) electrons. The molecular formula is C10H10O13. The average Bonchev–Trinajstić information content (AvgIpc) is 2.46. The van der Waals surface area contributed by atoms with Crippen molar-refractivity contribution in [1.29, 1.82) is 0 Å². The van der Waals surface area contributed by atoms with Crippen molar-refractivity contribution in [2.45, 2.75) is 30.7 Å². The fourth-order valence-electron chi connectivity index (χ4n) is 1.33. The SMILES string of the molecule is O=C(O)CC1(O)CC(=O)OOC(=O)C(O)C(O)C(=O)OOC1=O. The molecule has 4 N–H and O–H groups in total. The van der Waals surface area contributed by atoms with Crippen LogP contribution in [0.15, 0.2) is 0 Å². The van der Waals surface area contributed by atoms with Crippen LogP contribution in [0.5, 0.6) is 0 Å². The molecule has 0 aromatic rings. The number of hydrogen-bond acceptors (Lipinski definition) is 12. The zero-order chi connectivity index (χ0) is 17.8. The van der Waals surface area contributed by atoms with Crippen LogP contribution >= 0.6 is 0 Å². The Labute approximate surface area is 125 Å². The number of carbonyl (C=O) groups is 5. The highest BCUT2D eigenvalue weighted by molar-refractivity contribution is 5.91. The van der Waals surface area contributed by atoms with Crippen LogP contribution in [0.2, 0.25) is 0 Å². The smallest absolute Gasteiger partial charge is 0.387 e. The number of aliphatic hydroxyl groups is 3. The van der Waals surface area contributed by atoms with Crippen molar-refractivity contribution in [2.75, 3.05) is 0 Å². The van der Waals surface area contributed by atoms with Gasteiger partial charge in [0, 0.05) is 0 Å². The monoisotopic (exact) mass is 338 g/mol. The molecule has 13 nitrogen and oxygen atoms in total. The highest BCUT2D eigenvalue weighted by Gasteiger charge is 2.46. The maximum atomic E-state index is 11.6. The molecule has 1 saturated heterocycles. The molecule has 1 aliphatic rings. The Bertz CT molecular complexity index is 539. The van der Waals surface area contributed by atoms with E-state index in [1.54, 1.807) is 0 Å². The van der Waals surface area contributed by atoms with E-state index in [0.717, 1.165) is 0 Å². The molecule has 1 fully saturated rings. The van der Waals surface area contributed by atoms with Gasteiger partial charge in [0.15, 0.2) is 17.8 Å². The first kappa shape index (κ1) is 18.3. The Kier molecular flexibility index (Phi) is 5.56. The molecule has 0 aliphatic carbocycles. The van der Waals surface area contributed by atoms with Crippen LogP contribution in [0.25, 0.3) is 0 Å². The van der Waals surface area contributed by atoms with Gasteiger partial charge in [-0.15, -0.1) is 0 Å². The molecule has 0 saturated carbocycles. The zero-order valence-electron chi connectivity index (χ0n) is 11.0. The van der Waals surface area contributed by atoms with Gasteiger partial charge in [0.05, 0.1) is 12.8 Å². The van der Waals surface area contributed by atoms with E-state index >= 15 is 0 Å². The summed E-state index contributed by atoms with van der Waals surface area (Å²) in [6.45, 7) is 0. The van der Waals surface area contributed by atoms with E-state index in [4.69, 9.17) is 5.11 Å². The predicted molar refractivity (Wildman–Crippen MR) is 58.2 cm³/mol. The van der Waals surface area contributed by atoms with E-state index in [0.29, 0.717) is 0 Å². The minimum Gasteiger partial charge on any atom is -0.481 e. The summed E-state index contributed by atoms with van der Waals surface area (Å²) in [5, 5.41) is 36.8. The Morgan fingerprint density at radius 1 is 1.00 bits per heavy atom. The molecule has 0 spiro atoms. The molecule has 3 atom stereocenters. The lowest BCUT2D eigenvalue weighted by atomic mass is 9.96. The van der Waals surface area contributed by atoms with E-state index in [9.17, 15) is 39.3 Å². The third kappa shape index (κ3) is 4.60. The van der Waals surface area contributed by atoms with Gasteiger partial charge in [0.2, 0.25) is 0 Å². The minimum atomic E-state index is -3.02. The van der Waals surface area contributed by atoms with Crippen LogP contribution in [0.3, 0.4) is 0 Å². The van der Waals surface area contributed by atoms with Gasteiger partial charge >= 0.3 is 29.8 Å². The summed E-state index contributed by atoms with van der Waals surface area (Å²) in [4.78, 5) is 71.1. The van der Waals surface area contributed by atoms with Gasteiger partial charge in [-0.05, 0) is 0 Å². The highest BCUT2D eigenvalue weighted by Crippen LogP contribution is 2.20. The van der Waals surface area contributed by atoms with E-state index < -0.39 is 60.5 Å². The number of rotatable bonds is 2. The van der Waals surface area contributed by atoms with E-state index in [1.165, 1.54) is 0 Å². The van der Waals surface area contributed by atoms with Crippen LogP contribution in [0.1, 0.15) is 12.8 Å². The molecule has 23 heavy (non-hydrogen) atoms. The lowest BCUT2D eigenvalue weighted by molar-refractivity contribution is -0.288. The number of aliphatic hydroxyl groups excluding tert-OH is 2. The molecule has 0 amide bonds. The molecule has 13 heteroatoms. The van der Waals surface area contributed by atoms with Crippen molar-refractivity contribution in [1.82, 2.24) is 0 Å². The molecule has 0 aromatic heterocycles. The summed E-state index contributed by atoms with van der Waals surface area (Å²) in [6, 6.07) is 0. The van der Waals surface area contributed by atoms with Crippen molar-refractivity contribution in [2.24, 2.45) is 0 Å². The summed E-state index contributed by atoms with van der Waals surface area (Å²) < 4.78 is 0. The fourth-order valence-corrected chi connectivity index (χ4v) is 1.33. The summed E-state index contributed by atoms with van der Waals surface area (Å²) in [5.74, 6) is -8.82. The molecule has 0 bridgehead atoms. The topological polar surface area (TPSA) is 203 Å². The van der Waals surface area contributed by atoms with Gasteiger partial charge in [-0.3, -0.25) is 4.79 Å². The number of hydrogen-bond donors (Lipinski definition) is 4. The Balaban J connectivity index is 3.05. The second-order valence-electron chi connectivity index (χ2n) is 4.30. The Morgan fingerprint density at radius 3 is 1.96 bits per heavy atom. The first-order valence-electron chi connectivity index (χ1n) is 5.71. The number of carboxylic acid groups (broad SMARTS) is 1. The first-order valence-corrected chi connectivity index (χ1v) is 5.71. The summed E-state index contributed by atoms with van der Waals surface area (Å²) in [5.41, 5.74) is -3.02. The van der Waals surface area contributed by atoms with Gasteiger partial charge in [-0.25, -0.2) is 38.7 Å². The van der Waals surface area contributed by atoms with Gasteiger partial charge in [-0.2, -0.15) is 0 Å². The number of carboxylic acids is 1. The van der Waals surface area contributed by atoms with Crippen molar-refractivity contribution in [3.05, 3.63) is 0 Å². The van der Waals surface area contributed by atoms with Crippen LogP contribution in [0.4, 0.5) is 0 Å². The fraction of sp³-hybridized carbons (Fsp3) is 0.500. The number of aliphatic carboxylic acids is 1. The van der Waals surface area contributed by atoms with Gasteiger partial charge in [-0.1, -0.05) is 0 Å². The number of carbonyl (C=O) groups excluding carboxylic acids is 4. The predicted octanol–water partition coefficient (Wildman–Crippen LogP) is -3.68. The molecule has 128 valence electrons. The van der Waals surface area contributed by atoms with Gasteiger partial charge in [0.1, 0.15) is 0 Å². The van der Waals surface area contributed by atoms with Crippen LogP contribution in [0, 0.1) is 0 Å². The maximum Gasteiger partial charge on any atom is 0.387 e. The normalized spacial score (nSPS) is 30.0. The third-order valence-electron chi connectivity index (χ3n) is 2.46. The summed E-state index contributed by atoms with van der Waals surface area (Å²) >= 11 is 0. The lowest BCUT2D eigenvalue weighted by Crippen LogP contribution is -2.47. The van der Waals surface area contributed by atoms with Gasteiger partial charge < -0.3 is 20.4 Å². The molecule has 1 rings (SSSR count). The highest BCUT2D eigenvalue weighted by atomic mass is 17.2. The van der Waals surface area contributed by atoms with E-state index in [-0.39, 0.29) is 0 Å². The van der Waals surface area contributed by atoms with Crippen LogP contribution in [-0.2, 0) is 43.5 Å². The summed E-state index contributed by atoms with van der Waals surface area (Å²) in [6.07, 6.45) is -7.81. The van der Waals surface area contributed by atoms with Crippen molar-refractivity contribution < 1.29 is 63.9 Å². The van der Waals surface area contributed by atoms with Gasteiger partial charge in [0.25, 0.3) is 0 Å². The van der Waals surface area contributed by atoms with E-state index in [1.807, 2.05) is 0 Å².